The van der Waals surface area contributed by atoms with Crippen molar-refractivity contribution >= 4 is 23.3 Å². The summed E-state index contributed by atoms with van der Waals surface area (Å²) in [6, 6.07) is 17.7. The van der Waals surface area contributed by atoms with Crippen molar-refractivity contribution in [1.29, 1.82) is 5.26 Å². The fraction of sp³-hybridized carbons (Fsp3) is 0.150. The van der Waals surface area contributed by atoms with E-state index in [-0.39, 0.29) is 17.7 Å². The largest absolute Gasteiger partial charge is 0.462 e. The first-order chi connectivity index (χ1) is 12.6. The number of esters is 1. The van der Waals surface area contributed by atoms with E-state index in [1.807, 2.05) is 36.4 Å². The Labute approximate surface area is 152 Å². The molecule has 0 spiro atoms. The Morgan fingerprint density at radius 2 is 1.81 bits per heavy atom. The second kappa shape index (κ2) is 9.04. The van der Waals surface area contributed by atoms with Crippen LogP contribution in [0.2, 0.25) is 0 Å². The van der Waals surface area contributed by atoms with E-state index in [1.165, 1.54) is 6.20 Å². The minimum atomic E-state index is -0.605. The van der Waals surface area contributed by atoms with Crippen molar-refractivity contribution in [2.75, 3.05) is 23.9 Å². The Morgan fingerprint density at radius 3 is 2.46 bits per heavy atom. The van der Waals surface area contributed by atoms with Gasteiger partial charge in [0.15, 0.2) is 0 Å². The molecule has 0 aliphatic rings. The third kappa shape index (κ3) is 4.71. The van der Waals surface area contributed by atoms with Gasteiger partial charge in [0, 0.05) is 18.9 Å². The SMILES string of the molecule is CCOC(=O)c1ccccc1NC(=O)/C(C#N)=C\N(C)c1ccccc1. The molecule has 0 saturated heterocycles. The van der Waals surface area contributed by atoms with E-state index >= 15 is 0 Å². The molecule has 2 rings (SSSR count). The number of hydrogen-bond donors (Lipinski definition) is 1. The number of nitrogens with one attached hydrogen (secondary N) is 1. The number of carbonyl (C=O) groups excluding carboxylic acids is 2. The number of para-hydroxylation sites is 2. The van der Waals surface area contributed by atoms with Crippen LogP contribution < -0.4 is 10.2 Å². The van der Waals surface area contributed by atoms with E-state index in [0.29, 0.717) is 5.69 Å². The molecule has 0 unspecified atom stereocenters. The molecule has 0 atom stereocenters. The molecule has 0 aliphatic carbocycles. The van der Waals surface area contributed by atoms with Crippen molar-refractivity contribution in [1.82, 2.24) is 0 Å². The molecule has 0 saturated carbocycles. The van der Waals surface area contributed by atoms with Gasteiger partial charge in [-0.05, 0) is 31.2 Å². The van der Waals surface area contributed by atoms with Crippen LogP contribution in [0.5, 0.6) is 0 Å². The monoisotopic (exact) mass is 349 g/mol. The van der Waals surface area contributed by atoms with Gasteiger partial charge in [0.25, 0.3) is 5.91 Å². The molecule has 0 aliphatic heterocycles. The third-order valence-electron chi connectivity index (χ3n) is 3.52. The zero-order valence-corrected chi connectivity index (χ0v) is 14.6. The molecule has 2 aromatic rings. The van der Waals surface area contributed by atoms with Gasteiger partial charge in [-0.1, -0.05) is 30.3 Å². The second-order valence-electron chi connectivity index (χ2n) is 5.32. The summed E-state index contributed by atoms with van der Waals surface area (Å²) < 4.78 is 4.98. The van der Waals surface area contributed by atoms with Gasteiger partial charge in [-0.3, -0.25) is 4.79 Å². The summed E-state index contributed by atoms with van der Waals surface area (Å²) in [6.45, 7) is 1.93. The summed E-state index contributed by atoms with van der Waals surface area (Å²) in [4.78, 5) is 26.1. The van der Waals surface area contributed by atoms with Crippen LogP contribution in [0.15, 0.2) is 66.4 Å². The van der Waals surface area contributed by atoms with Crippen LogP contribution in [0.4, 0.5) is 11.4 Å². The summed E-state index contributed by atoms with van der Waals surface area (Å²) in [5.74, 6) is -1.14. The lowest BCUT2D eigenvalue weighted by Gasteiger charge is -2.15. The van der Waals surface area contributed by atoms with Gasteiger partial charge >= 0.3 is 5.97 Å². The Balaban J connectivity index is 2.22. The number of amides is 1. The average Bonchev–Trinajstić information content (AvgIpc) is 2.67. The topological polar surface area (TPSA) is 82.4 Å². The summed E-state index contributed by atoms with van der Waals surface area (Å²) >= 11 is 0. The number of benzene rings is 2. The van der Waals surface area contributed by atoms with E-state index < -0.39 is 11.9 Å². The van der Waals surface area contributed by atoms with E-state index in [0.717, 1.165) is 5.69 Å². The second-order valence-corrected chi connectivity index (χ2v) is 5.32. The predicted molar refractivity (Wildman–Crippen MR) is 99.6 cm³/mol. The maximum atomic E-state index is 12.5. The maximum absolute atomic E-state index is 12.5. The lowest BCUT2D eigenvalue weighted by atomic mass is 10.1. The highest BCUT2D eigenvalue weighted by atomic mass is 16.5. The smallest absolute Gasteiger partial charge is 0.340 e. The zero-order valence-electron chi connectivity index (χ0n) is 14.6. The fourth-order valence-corrected chi connectivity index (χ4v) is 2.24. The molecule has 0 radical (unpaired) electrons. The minimum absolute atomic E-state index is 0.0879. The van der Waals surface area contributed by atoms with Crippen molar-refractivity contribution in [3.8, 4) is 6.07 Å². The summed E-state index contributed by atoms with van der Waals surface area (Å²) in [6.07, 6.45) is 1.44. The lowest BCUT2D eigenvalue weighted by molar-refractivity contribution is -0.112. The number of nitriles is 1. The average molecular weight is 349 g/mol. The Hall–Kier alpha value is -3.59. The van der Waals surface area contributed by atoms with Gasteiger partial charge in [-0.15, -0.1) is 0 Å². The normalized spacial score (nSPS) is 10.6. The molecule has 26 heavy (non-hydrogen) atoms. The predicted octanol–water partition coefficient (Wildman–Crippen LogP) is 3.35. The van der Waals surface area contributed by atoms with Crippen LogP contribution >= 0.6 is 0 Å². The van der Waals surface area contributed by atoms with Gasteiger partial charge in [0.05, 0.1) is 17.9 Å². The van der Waals surface area contributed by atoms with Gasteiger partial charge in [-0.25, -0.2) is 4.79 Å². The quantitative estimate of drug-likeness (QED) is 0.491. The first-order valence-electron chi connectivity index (χ1n) is 8.04. The molecular formula is C20H19N3O3. The van der Waals surface area contributed by atoms with Gasteiger partial charge in [-0.2, -0.15) is 5.26 Å². The van der Waals surface area contributed by atoms with Gasteiger partial charge < -0.3 is 15.0 Å². The minimum Gasteiger partial charge on any atom is -0.462 e. The van der Waals surface area contributed by atoms with Crippen LogP contribution in [0.1, 0.15) is 17.3 Å². The van der Waals surface area contributed by atoms with Crippen LogP contribution in [-0.2, 0) is 9.53 Å². The van der Waals surface area contributed by atoms with Crippen LogP contribution in [0.3, 0.4) is 0 Å². The fourth-order valence-electron chi connectivity index (χ4n) is 2.24. The first kappa shape index (κ1) is 18.7. The molecule has 6 nitrogen and oxygen atoms in total. The molecule has 0 aromatic heterocycles. The van der Waals surface area contributed by atoms with Crippen LogP contribution in [0.25, 0.3) is 0 Å². The number of anilines is 2. The van der Waals surface area contributed by atoms with Crippen molar-refractivity contribution in [3.05, 3.63) is 71.9 Å². The van der Waals surface area contributed by atoms with Crippen molar-refractivity contribution in [3.63, 3.8) is 0 Å². The Bertz CT molecular complexity index is 854. The lowest BCUT2D eigenvalue weighted by Crippen LogP contribution is -2.19. The summed E-state index contributed by atoms with van der Waals surface area (Å²) in [5, 5.41) is 11.9. The number of hydrogen-bond acceptors (Lipinski definition) is 5. The highest BCUT2D eigenvalue weighted by molar-refractivity contribution is 6.09. The number of ether oxygens (including phenoxy) is 1. The highest BCUT2D eigenvalue weighted by Gasteiger charge is 2.16. The van der Waals surface area contributed by atoms with Gasteiger partial charge in [0.2, 0.25) is 0 Å². The van der Waals surface area contributed by atoms with Crippen molar-refractivity contribution in [2.45, 2.75) is 6.92 Å². The van der Waals surface area contributed by atoms with E-state index in [4.69, 9.17) is 4.74 Å². The molecule has 132 valence electrons. The highest BCUT2D eigenvalue weighted by Crippen LogP contribution is 2.18. The van der Waals surface area contributed by atoms with E-state index in [1.54, 1.807) is 43.1 Å². The summed E-state index contributed by atoms with van der Waals surface area (Å²) in [7, 11) is 1.74. The van der Waals surface area contributed by atoms with Crippen LogP contribution in [-0.4, -0.2) is 25.5 Å². The molecule has 0 bridgehead atoms. The summed E-state index contributed by atoms with van der Waals surface area (Å²) in [5.41, 5.74) is 1.27. The number of carbonyl (C=O) groups is 2. The molecule has 6 heteroatoms. The van der Waals surface area contributed by atoms with Crippen molar-refractivity contribution in [2.24, 2.45) is 0 Å². The maximum Gasteiger partial charge on any atom is 0.340 e. The Morgan fingerprint density at radius 1 is 1.15 bits per heavy atom. The Kier molecular flexibility index (Phi) is 6.52. The molecular weight excluding hydrogens is 330 g/mol. The number of nitrogens with zero attached hydrogens (tertiary/aromatic N) is 2. The van der Waals surface area contributed by atoms with Crippen molar-refractivity contribution < 1.29 is 14.3 Å². The van der Waals surface area contributed by atoms with E-state index in [2.05, 4.69) is 5.32 Å². The van der Waals surface area contributed by atoms with Crippen LogP contribution in [0, 0.1) is 11.3 Å². The first-order valence-corrected chi connectivity index (χ1v) is 8.04. The molecule has 0 heterocycles. The third-order valence-corrected chi connectivity index (χ3v) is 3.52. The molecule has 1 amide bonds. The molecule has 2 aromatic carbocycles. The number of rotatable bonds is 6. The zero-order chi connectivity index (χ0) is 18.9. The molecule has 0 fully saturated rings. The molecule has 1 N–H and O–H groups in total. The van der Waals surface area contributed by atoms with E-state index in [9.17, 15) is 14.9 Å². The standard InChI is InChI=1S/C20H19N3O3/c1-3-26-20(25)17-11-7-8-12-18(17)22-19(24)15(13-21)14-23(2)16-9-5-4-6-10-16/h4-12,14H,3H2,1-2H3,(H,22,24)/b15-14-. The van der Waals surface area contributed by atoms with Gasteiger partial charge in [0.1, 0.15) is 11.6 Å².